The molecule has 0 bridgehead atoms. The lowest BCUT2D eigenvalue weighted by molar-refractivity contribution is -0.127. The lowest BCUT2D eigenvalue weighted by atomic mass is 10.1. The van der Waals surface area contributed by atoms with E-state index in [0.29, 0.717) is 16.0 Å². The molecule has 1 aromatic rings. The van der Waals surface area contributed by atoms with Gasteiger partial charge in [0.15, 0.2) is 5.96 Å². The van der Waals surface area contributed by atoms with Gasteiger partial charge in [-0.15, -0.1) is 0 Å². The van der Waals surface area contributed by atoms with Crippen LogP contribution in [0.25, 0.3) is 0 Å². The molecule has 162 valence electrons. The van der Waals surface area contributed by atoms with Gasteiger partial charge in [-0.1, -0.05) is 29.3 Å². The molecule has 9 heteroatoms. The van der Waals surface area contributed by atoms with Crippen molar-refractivity contribution in [3.05, 3.63) is 33.8 Å². The first-order valence-electron chi connectivity index (χ1n) is 9.92. The summed E-state index contributed by atoms with van der Waals surface area (Å²) in [5.41, 5.74) is 1.07. The molecule has 1 amide bonds. The molecule has 2 rings (SSSR count). The highest BCUT2D eigenvalue weighted by molar-refractivity contribution is 6.35. The monoisotopic (exact) mass is 443 g/mol. The molecular formula is C20H31Cl2N5O2. The van der Waals surface area contributed by atoms with Crippen molar-refractivity contribution in [1.29, 1.82) is 0 Å². The van der Waals surface area contributed by atoms with Crippen molar-refractivity contribution in [3.63, 3.8) is 0 Å². The standard InChI is InChI=1S/C20H31Cl2N5O2/c1-26(2)19(28)15-25-20(24-8-9-27-10-12-29-13-11-27)23-7-3-4-16-5-6-17(21)14-18(16)22/h5-6,14H,3-4,7-13,15H2,1-2H3,(H2,23,24,25). The minimum Gasteiger partial charge on any atom is -0.379 e. The van der Waals surface area contributed by atoms with E-state index in [1.807, 2.05) is 12.1 Å². The summed E-state index contributed by atoms with van der Waals surface area (Å²) < 4.78 is 5.37. The number of halogens is 2. The molecule has 1 aliphatic rings. The lowest BCUT2D eigenvalue weighted by Crippen LogP contribution is -2.45. The minimum absolute atomic E-state index is 0.0350. The van der Waals surface area contributed by atoms with E-state index in [9.17, 15) is 4.79 Å². The summed E-state index contributed by atoms with van der Waals surface area (Å²) in [5.74, 6) is 0.614. The maximum absolute atomic E-state index is 11.9. The molecule has 29 heavy (non-hydrogen) atoms. The Bertz CT molecular complexity index is 679. The Kier molecular flexibility index (Phi) is 10.6. The van der Waals surface area contributed by atoms with Gasteiger partial charge in [-0.2, -0.15) is 0 Å². The molecule has 7 nitrogen and oxygen atoms in total. The van der Waals surface area contributed by atoms with Crippen LogP contribution < -0.4 is 10.6 Å². The number of aliphatic imine (C=N–C) groups is 1. The van der Waals surface area contributed by atoms with Gasteiger partial charge in [-0.25, -0.2) is 4.99 Å². The van der Waals surface area contributed by atoms with Crippen LogP contribution in [0.5, 0.6) is 0 Å². The Hall–Kier alpha value is -1.54. The summed E-state index contributed by atoms with van der Waals surface area (Å²) in [6.07, 6.45) is 1.72. The van der Waals surface area contributed by atoms with Crippen molar-refractivity contribution in [2.24, 2.45) is 4.99 Å². The third kappa shape index (κ3) is 9.21. The molecule has 1 heterocycles. The molecule has 1 saturated heterocycles. The number of carbonyl (C=O) groups is 1. The van der Waals surface area contributed by atoms with E-state index < -0.39 is 0 Å². The fourth-order valence-electron chi connectivity index (χ4n) is 2.83. The van der Waals surface area contributed by atoms with Crippen LogP contribution in [0, 0.1) is 0 Å². The van der Waals surface area contributed by atoms with Crippen LogP contribution in [0.15, 0.2) is 23.2 Å². The Morgan fingerprint density at radius 3 is 2.62 bits per heavy atom. The van der Waals surface area contributed by atoms with Gasteiger partial charge in [0.1, 0.15) is 6.54 Å². The van der Waals surface area contributed by atoms with Gasteiger partial charge in [-0.05, 0) is 30.5 Å². The smallest absolute Gasteiger partial charge is 0.243 e. The fraction of sp³-hybridized carbons (Fsp3) is 0.600. The number of carbonyl (C=O) groups excluding carboxylic acids is 1. The summed E-state index contributed by atoms with van der Waals surface area (Å²) in [5, 5.41) is 7.96. The zero-order valence-electron chi connectivity index (χ0n) is 17.2. The van der Waals surface area contributed by atoms with Crippen LogP contribution in [-0.2, 0) is 16.0 Å². The summed E-state index contributed by atoms with van der Waals surface area (Å²) in [6, 6.07) is 5.57. The van der Waals surface area contributed by atoms with Crippen molar-refractivity contribution in [3.8, 4) is 0 Å². The molecular weight excluding hydrogens is 413 g/mol. The average Bonchev–Trinajstić information content (AvgIpc) is 2.70. The first kappa shape index (κ1) is 23.7. The summed E-state index contributed by atoms with van der Waals surface area (Å²) in [4.78, 5) is 20.2. The zero-order valence-corrected chi connectivity index (χ0v) is 18.7. The molecule has 0 unspecified atom stereocenters. The van der Waals surface area contributed by atoms with Gasteiger partial charge in [-0.3, -0.25) is 9.69 Å². The highest BCUT2D eigenvalue weighted by Gasteiger charge is 2.10. The normalized spacial score (nSPS) is 15.2. The number of hydrogen-bond donors (Lipinski definition) is 2. The number of likely N-dealkylation sites (N-methyl/N-ethyl adjacent to an activating group) is 1. The maximum atomic E-state index is 11.9. The van der Waals surface area contributed by atoms with Gasteiger partial charge in [0, 0.05) is 56.9 Å². The topological polar surface area (TPSA) is 69.2 Å². The van der Waals surface area contributed by atoms with Crippen molar-refractivity contribution < 1.29 is 9.53 Å². The quantitative estimate of drug-likeness (QED) is 0.346. The van der Waals surface area contributed by atoms with Crippen molar-refractivity contribution in [2.45, 2.75) is 12.8 Å². The Morgan fingerprint density at radius 2 is 1.93 bits per heavy atom. The van der Waals surface area contributed by atoms with Gasteiger partial charge < -0.3 is 20.3 Å². The van der Waals surface area contributed by atoms with Crippen LogP contribution in [-0.4, -0.2) is 88.2 Å². The second-order valence-corrected chi connectivity index (χ2v) is 7.94. The molecule has 0 radical (unpaired) electrons. The van der Waals surface area contributed by atoms with E-state index in [-0.39, 0.29) is 12.5 Å². The van der Waals surface area contributed by atoms with Gasteiger partial charge in [0.05, 0.1) is 13.2 Å². The summed E-state index contributed by atoms with van der Waals surface area (Å²) in [6.45, 7) is 5.96. The number of amides is 1. The van der Waals surface area contributed by atoms with E-state index in [0.717, 1.165) is 64.3 Å². The van der Waals surface area contributed by atoms with Crippen LogP contribution in [0.4, 0.5) is 0 Å². The number of ether oxygens (including phenoxy) is 1. The molecule has 0 saturated carbocycles. The summed E-state index contributed by atoms with van der Waals surface area (Å²) in [7, 11) is 3.46. The second-order valence-electron chi connectivity index (χ2n) is 7.10. The summed E-state index contributed by atoms with van der Waals surface area (Å²) >= 11 is 12.2. The molecule has 1 aromatic carbocycles. The molecule has 0 spiro atoms. The van der Waals surface area contributed by atoms with Crippen molar-refractivity contribution >= 4 is 35.1 Å². The maximum Gasteiger partial charge on any atom is 0.243 e. The first-order valence-corrected chi connectivity index (χ1v) is 10.7. The molecule has 1 fully saturated rings. The van der Waals surface area contributed by atoms with Gasteiger partial charge in [0.25, 0.3) is 0 Å². The predicted molar refractivity (Wildman–Crippen MR) is 119 cm³/mol. The number of morpholine rings is 1. The molecule has 1 aliphatic heterocycles. The van der Waals surface area contributed by atoms with Crippen LogP contribution in [0.2, 0.25) is 10.0 Å². The van der Waals surface area contributed by atoms with Crippen molar-refractivity contribution in [1.82, 2.24) is 20.4 Å². The number of nitrogens with one attached hydrogen (secondary N) is 2. The third-order valence-corrected chi connectivity index (χ3v) is 5.21. The van der Waals surface area contributed by atoms with Crippen LogP contribution in [0.1, 0.15) is 12.0 Å². The Balaban J connectivity index is 1.79. The Labute approximate surface area is 183 Å². The number of guanidine groups is 1. The van der Waals surface area contributed by atoms with E-state index in [1.54, 1.807) is 20.2 Å². The number of aryl methyl sites for hydroxylation is 1. The van der Waals surface area contributed by atoms with E-state index in [2.05, 4.69) is 20.5 Å². The van der Waals surface area contributed by atoms with E-state index in [1.165, 1.54) is 4.90 Å². The molecule has 0 aliphatic carbocycles. The lowest BCUT2D eigenvalue weighted by Gasteiger charge is -2.26. The SMILES string of the molecule is CN(C)C(=O)CN=C(NCCCc1ccc(Cl)cc1Cl)NCCN1CCOCC1. The molecule has 2 N–H and O–H groups in total. The van der Waals surface area contributed by atoms with E-state index in [4.69, 9.17) is 27.9 Å². The van der Waals surface area contributed by atoms with Crippen molar-refractivity contribution in [2.75, 3.05) is 66.6 Å². The minimum atomic E-state index is -0.0350. The third-order valence-electron chi connectivity index (χ3n) is 4.63. The average molecular weight is 444 g/mol. The zero-order chi connectivity index (χ0) is 21.1. The molecule has 0 aromatic heterocycles. The number of nitrogens with zero attached hydrogens (tertiary/aromatic N) is 3. The van der Waals surface area contributed by atoms with Gasteiger partial charge >= 0.3 is 0 Å². The number of benzene rings is 1. The predicted octanol–water partition coefficient (Wildman–Crippen LogP) is 1.88. The highest BCUT2D eigenvalue weighted by Crippen LogP contribution is 2.21. The highest BCUT2D eigenvalue weighted by atomic mass is 35.5. The van der Waals surface area contributed by atoms with E-state index >= 15 is 0 Å². The largest absolute Gasteiger partial charge is 0.379 e. The number of hydrogen-bond acceptors (Lipinski definition) is 4. The first-order chi connectivity index (χ1) is 14.0. The van der Waals surface area contributed by atoms with Crippen LogP contribution >= 0.6 is 23.2 Å². The number of rotatable bonds is 9. The fourth-order valence-corrected chi connectivity index (χ4v) is 3.33. The van der Waals surface area contributed by atoms with Gasteiger partial charge in [0.2, 0.25) is 5.91 Å². The molecule has 0 atom stereocenters. The Morgan fingerprint density at radius 1 is 1.21 bits per heavy atom. The van der Waals surface area contributed by atoms with Crippen LogP contribution in [0.3, 0.4) is 0 Å². The second kappa shape index (κ2) is 12.9.